The van der Waals surface area contributed by atoms with Gasteiger partial charge in [-0.1, -0.05) is 47.8 Å². The summed E-state index contributed by atoms with van der Waals surface area (Å²) < 4.78 is 0.994. The van der Waals surface area contributed by atoms with Gasteiger partial charge in [-0.15, -0.1) is 0 Å². The van der Waals surface area contributed by atoms with Crippen molar-refractivity contribution in [2.45, 2.75) is 44.4 Å². The summed E-state index contributed by atoms with van der Waals surface area (Å²) in [6.07, 6.45) is 5.06. The molecule has 1 aromatic carbocycles. The maximum absolute atomic E-state index is 11.9. The topological polar surface area (TPSA) is 37.3 Å². The Morgan fingerprint density at radius 1 is 1.33 bits per heavy atom. The zero-order valence-corrected chi connectivity index (χ0v) is 12.2. The standard InChI is InChI=1S/C15H19BrO2/c1-2-15(14(17)18,11-5-3-4-6-11)12-7-9-13(16)10-8-12/h7-11H,2-6H2,1H3,(H,17,18). The number of halogens is 1. The lowest BCUT2D eigenvalue weighted by molar-refractivity contribution is -0.146. The van der Waals surface area contributed by atoms with E-state index < -0.39 is 11.4 Å². The van der Waals surface area contributed by atoms with Gasteiger partial charge in [0.25, 0.3) is 0 Å². The van der Waals surface area contributed by atoms with E-state index in [1.165, 1.54) is 0 Å². The first-order valence-corrected chi connectivity index (χ1v) is 7.40. The van der Waals surface area contributed by atoms with Crippen LogP contribution in [0.4, 0.5) is 0 Å². The summed E-state index contributed by atoms with van der Waals surface area (Å²) in [7, 11) is 0. The van der Waals surface area contributed by atoms with E-state index in [4.69, 9.17) is 0 Å². The maximum atomic E-state index is 11.9. The third kappa shape index (κ3) is 2.20. The van der Waals surface area contributed by atoms with Crippen molar-refractivity contribution in [2.24, 2.45) is 5.92 Å². The summed E-state index contributed by atoms with van der Waals surface area (Å²) in [5, 5.41) is 9.80. The van der Waals surface area contributed by atoms with Crippen LogP contribution in [-0.4, -0.2) is 11.1 Å². The van der Waals surface area contributed by atoms with Gasteiger partial charge in [0.2, 0.25) is 0 Å². The second-order valence-electron chi connectivity index (χ2n) is 5.12. The average molecular weight is 311 g/mol. The molecule has 2 rings (SSSR count). The van der Waals surface area contributed by atoms with Crippen molar-refractivity contribution < 1.29 is 9.90 Å². The Labute approximate surface area is 117 Å². The van der Waals surface area contributed by atoms with Gasteiger partial charge in [0.05, 0.1) is 5.41 Å². The van der Waals surface area contributed by atoms with Crippen molar-refractivity contribution in [1.29, 1.82) is 0 Å². The van der Waals surface area contributed by atoms with Crippen molar-refractivity contribution >= 4 is 21.9 Å². The summed E-state index contributed by atoms with van der Waals surface area (Å²) in [5.74, 6) is -0.389. The van der Waals surface area contributed by atoms with Gasteiger partial charge < -0.3 is 5.11 Å². The number of carboxylic acids is 1. The number of rotatable bonds is 4. The molecule has 1 saturated carbocycles. The molecule has 0 spiro atoms. The fraction of sp³-hybridized carbons (Fsp3) is 0.533. The minimum absolute atomic E-state index is 0.279. The molecule has 0 saturated heterocycles. The van der Waals surface area contributed by atoms with E-state index in [1.807, 2.05) is 31.2 Å². The molecule has 3 heteroatoms. The number of carboxylic acid groups (broad SMARTS) is 1. The molecule has 1 aliphatic carbocycles. The summed E-state index contributed by atoms with van der Waals surface area (Å²) in [6, 6.07) is 7.80. The summed E-state index contributed by atoms with van der Waals surface area (Å²) in [4.78, 5) is 11.9. The van der Waals surface area contributed by atoms with E-state index in [0.29, 0.717) is 6.42 Å². The second kappa shape index (κ2) is 5.43. The highest BCUT2D eigenvalue weighted by Gasteiger charge is 2.46. The van der Waals surface area contributed by atoms with Gasteiger partial charge in [0.1, 0.15) is 0 Å². The minimum atomic E-state index is -0.697. The molecule has 1 aromatic rings. The maximum Gasteiger partial charge on any atom is 0.314 e. The van der Waals surface area contributed by atoms with Crippen LogP contribution >= 0.6 is 15.9 Å². The normalized spacial score (nSPS) is 19.7. The van der Waals surface area contributed by atoms with Gasteiger partial charge >= 0.3 is 5.97 Å². The summed E-state index contributed by atoms with van der Waals surface area (Å²) in [6.45, 7) is 1.99. The van der Waals surface area contributed by atoms with Crippen LogP contribution in [0.15, 0.2) is 28.7 Å². The highest BCUT2D eigenvalue weighted by molar-refractivity contribution is 9.10. The second-order valence-corrected chi connectivity index (χ2v) is 6.03. The molecule has 98 valence electrons. The first-order chi connectivity index (χ1) is 8.61. The Balaban J connectivity index is 2.46. The lowest BCUT2D eigenvalue weighted by Crippen LogP contribution is -2.41. The van der Waals surface area contributed by atoms with Gasteiger partial charge in [-0.05, 0) is 42.9 Å². The zero-order valence-electron chi connectivity index (χ0n) is 10.7. The fourth-order valence-corrected chi connectivity index (χ4v) is 3.61. The van der Waals surface area contributed by atoms with Gasteiger partial charge in [-0.2, -0.15) is 0 Å². The molecule has 0 aliphatic heterocycles. The van der Waals surface area contributed by atoms with Crippen molar-refractivity contribution in [3.05, 3.63) is 34.3 Å². The third-order valence-corrected chi connectivity index (χ3v) is 4.88. The van der Waals surface area contributed by atoms with E-state index in [2.05, 4.69) is 15.9 Å². The average Bonchev–Trinajstić information content (AvgIpc) is 2.87. The molecule has 0 aromatic heterocycles. The monoisotopic (exact) mass is 310 g/mol. The Bertz CT molecular complexity index is 421. The number of hydrogen-bond donors (Lipinski definition) is 1. The number of benzene rings is 1. The van der Waals surface area contributed by atoms with E-state index in [-0.39, 0.29) is 5.92 Å². The molecule has 1 N–H and O–H groups in total. The lowest BCUT2D eigenvalue weighted by Gasteiger charge is -2.35. The van der Waals surface area contributed by atoms with Crippen LogP contribution < -0.4 is 0 Å². The van der Waals surface area contributed by atoms with Gasteiger partial charge in [-0.3, -0.25) is 4.79 Å². The molecule has 1 unspecified atom stereocenters. The predicted octanol–water partition coefficient (Wildman–Crippen LogP) is 4.37. The fourth-order valence-electron chi connectivity index (χ4n) is 3.34. The van der Waals surface area contributed by atoms with Gasteiger partial charge in [0.15, 0.2) is 0 Å². The molecule has 0 bridgehead atoms. The van der Waals surface area contributed by atoms with Crippen LogP contribution in [0.3, 0.4) is 0 Å². The highest BCUT2D eigenvalue weighted by atomic mass is 79.9. The van der Waals surface area contributed by atoms with Crippen molar-refractivity contribution in [3.63, 3.8) is 0 Å². The van der Waals surface area contributed by atoms with E-state index in [1.54, 1.807) is 0 Å². The van der Waals surface area contributed by atoms with Crippen LogP contribution in [0.5, 0.6) is 0 Å². The van der Waals surface area contributed by atoms with E-state index >= 15 is 0 Å². The number of aliphatic carboxylic acids is 1. The third-order valence-electron chi connectivity index (χ3n) is 4.35. The zero-order chi connectivity index (χ0) is 13.2. The number of carbonyl (C=O) groups is 1. The first kappa shape index (κ1) is 13.6. The molecular weight excluding hydrogens is 292 g/mol. The molecular formula is C15H19BrO2. The van der Waals surface area contributed by atoms with Crippen molar-refractivity contribution in [3.8, 4) is 0 Å². The van der Waals surface area contributed by atoms with Gasteiger partial charge in [-0.25, -0.2) is 0 Å². The van der Waals surface area contributed by atoms with Crippen LogP contribution in [0.2, 0.25) is 0 Å². The van der Waals surface area contributed by atoms with Crippen molar-refractivity contribution in [1.82, 2.24) is 0 Å². The molecule has 1 atom stereocenters. The van der Waals surface area contributed by atoms with Crippen LogP contribution in [0.25, 0.3) is 0 Å². The van der Waals surface area contributed by atoms with Crippen LogP contribution in [0, 0.1) is 5.92 Å². The quantitative estimate of drug-likeness (QED) is 0.896. The smallest absolute Gasteiger partial charge is 0.314 e. The molecule has 18 heavy (non-hydrogen) atoms. The molecule has 1 aliphatic rings. The minimum Gasteiger partial charge on any atom is -0.481 e. The highest BCUT2D eigenvalue weighted by Crippen LogP contribution is 2.45. The van der Waals surface area contributed by atoms with Crippen molar-refractivity contribution in [2.75, 3.05) is 0 Å². The van der Waals surface area contributed by atoms with E-state index in [0.717, 1.165) is 35.7 Å². The van der Waals surface area contributed by atoms with E-state index in [9.17, 15) is 9.90 Å². The molecule has 1 fully saturated rings. The predicted molar refractivity (Wildman–Crippen MR) is 75.7 cm³/mol. The van der Waals surface area contributed by atoms with Crippen LogP contribution in [0.1, 0.15) is 44.6 Å². The SMILES string of the molecule is CCC(C(=O)O)(c1ccc(Br)cc1)C1CCCC1. The molecule has 0 radical (unpaired) electrons. The lowest BCUT2D eigenvalue weighted by atomic mass is 9.67. The van der Waals surface area contributed by atoms with Crippen LogP contribution in [-0.2, 0) is 10.2 Å². The Kier molecular flexibility index (Phi) is 4.10. The Hall–Kier alpha value is -0.830. The van der Waals surface area contributed by atoms with Gasteiger partial charge in [0, 0.05) is 4.47 Å². The molecule has 2 nitrogen and oxygen atoms in total. The summed E-state index contributed by atoms with van der Waals surface area (Å²) >= 11 is 3.41. The summed E-state index contributed by atoms with van der Waals surface area (Å²) in [5.41, 5.74) is 0.254. The largest absolute Gasteiger partial charge is 0.481 e. The number of hydrogen-bond acceptors (Lipinski definition) is 1. The molecule has 0 amide bonds. The Morgan fingerprint density at radius 2 is 1.89 bits per heavy atom. The first-order valence-electron chi connectivity index (χ1n) is 6.60. The molecule has 0 heterocycles. The Morgan fingerprint density at radius 3 is 2.33 bits per heavy atom.